The minimum atomic E-state index is -0.392. The standard InChI is InChI=1S/C16H15BrFNO4/c1-21-12-6-11(7-13(8-12)22-2)19-16(20)9-23-15-4-3-10(18)5-14(15)17/h3-8H,9H2,1-2H3,(H,19,20). The molecule has 0 radical (unpaired) electrons. The molecule has 0 aliphatic heterocycles. The van der Waals surface area contributed by atoms with E-state index in [0.717, 1.165) is 0 Å². The number of hydrogen-bond acceptors (Lipinski definition) is 4. The smallest absolute Gasteiger partial charge is 0.262 e. The molecule has 5 nitrogen and oxygen atoms in total. The number of hydrogen-bond donors (Lipinski definition) is 1. The van der Waals surface area contributed by atoms with E-state index in [1.807, 2.05) is 0 Å². The van der Waals surface area contributed by atoms with Crippen molar-refractivity contribution in [1.29, 1.82) is 0 Å². The Kier molecular flexibility index (Phi) is 5.81. The van der Waals surface area contributed by atoms with Crippen LogP contribution in [-0.2, 0) is 4.79 Å². The molecule has 2 rings (SSSR count). The molecule has 1 amide bonds. The largest absolute Gasteiger partial charge is 0.497 e. The lowest BCUT2D eigenvalue weighted by atomic mass is 10.2. The number of benzene rings is 2. The molecule has 0 spiro atoms. The third kappa shape index (κ3) is 4.85. The molecule has 0 unspecified atom stereocenters. The Labute approximate surface area is 141 Å². The number of carbonyl (C=O) groups is 1. The number of ether oxygens (including phenoxy) is 3. The minimum absolute atomic E-state index is 0.218. The highest BCUT2D eigenvalue weighted by Gasteiger charge is 2.09. The van der Waals surface area contributed by atoms with Crippen LogP contribution in [0.4, 0.5) is 10.1 Å². The van der Waals surface area contributed by atoms with Gasteiger partial charge in [0.2, 0.25) is 0 Å². The summed E-state index contributed by atoms with van der Waals surface area (Å²) in [5.41, 5.74) is 0.521. The predicted octanol–water partition coefficient (Wildman–Crippen LogP) is 3.62. The molecule has 23 heavy (non-hydrogen) atoms. The summed E-state index contributed by atoms with van der Waals surface area (Å²) in [5.74, 6) is 0.738. The molecule has 2 aromatic rings. The first-order valence-electron chi connectivity index (χ1n) is 6.62. The minimum Gasteiger partial charge on any atom is -0.497 e. The monoisotopic (exact) mass is 383 g/mol. The van der Waals surface area contributed by atoms with Crippen LogP contribution in [0.15, 0.2) is 40.9 Å². The van der Waals surface area contributed by atoms with Crippen LogP contribution >= 0.6 is 15.9 Å². The molecule has 2 aromatic carbocycles. The molecule has 0 saturated carbocycles. The molecule has 0 aliphatic carbocycles. The van der Waals surface area contributed by atoms with Crippen LogP contribution in [0.3, 0.4) is 0 Å². The van der Waals surface area contributed by atoms with E-state index in [4.69, 9.17) is 14.2 Å². The van der Waals surface area contributed by atoms with Crippen molar-refractivity contribution in [3.8, 4) is 17.2 Å². The van der Waals surface area contributed by atoms with Crippen LogP contribution in [0.2, 0.25) is 0 Å². The van der Waals surface area contributed by atoms with Gasteiger partial charge in [-0.05, 0) is 34.1 Å². The van der Waals surface area contributed by atoms with Gasteiger partial charge >= 0.3 is 0 Å². The fraction of sp³-hybridized carbons (Fsp3) is 0.188. The van der Waals surface area contributed by atoms with Crippen LogP contribution < -0.4 is 19.5 Å². The quantitative estimate of drug-likeness (QED) is 0.827. The number of nitrogens with one attached hydrogen (secondary N) is 1. The summed E-state index contributed by atoms with van der Waals surface area (Å²) in [7, 11) is 3.05. The Morgan fingerprint density at radius 2 is 1.78 bits per heavy atom. The Balaban J connectivity index is 1.99. The van der Waals surface area contributed by atoms with E-state index in [2.05, 4.69) is 21.2 Å². The zero-order valence-electron chi connectivity index (χ0n) is 12.6. The highest BCUT2D eigenvalue weighted by atomic mass is 79.9. The highest BCUT2D eigenvalue weighted by Crippen LogP contribution is 2.27. The van der Waals surface area contributed by atoms with Crippen LogP contribution in [-0.4, -0.2) is 26.7 Å². The first kappa shape index (κ1) is 17.1. The maximum atomic E-state index is 13.0. The lowest BCUT2D eigenvalue weighted by molar-refractivity contribution is -0.118. The van der Waals surface area contributed by atoms with Gasteiger partial charge in [-0.2, -0.15) is 0 Å². The second-order valence-electron chi connectivity index (χ2n) is 4.51. The van der Waals surface area contributed by atoms with E-state index in [0.29, 0.717) is 27.4 Å². The number of halogens is 2. The van der Waals surface area contributed by atoms with Gasteiger partial charge in [-0.25, -0.2) is 4.39 Å². The second-order valence-corrected chi connectivity index (χ2v) is 5.37. The molecule has 122 valence electrons. The summed E-state index contributed by atoms with van der Waals surface area (Å²) in [6.07, 6.45) is 0. The molecular weight excluding hydrogens is 369 g/mol. The van der Waals surface area contributed by atoms with E-state index in [9.17, 15) is 9.18 Å². The first-order valence-corrected chi connectivity index (χ1v) is 7.42. The number of carbonyl (C=O) groups excluding carboxylic acids is 1. The van der Waals surface area contributed by atoms with Crippen molar-refractivity contribution >= 4 is 27.5 Å². The maximum absolute atomic E-state index is 13.0. The Hall–Kier alpha value is -2.28. The zero-order chi connectivity index (χ0) is 16.8. The lowest BCUT2D eigenvalue weighted by Gasteiger charge is -2.11. The molecule has 1 N–H and O–H groups in total. The molecule has 0 aliphatic rings. The van der Waals surface area contributed by atoms with Gasteiger partial charge in [0.05, 0.1) is 18.7 Å². The Morgan fingerprint density at radius 1 is 1.13 bits per heavy atom. The molecule has 0 fully saturated rings. The van der Waals surface area contributed by atoms with Crippen LogP contribution in [0.25, 0.3) is 0 Å². The van der Waals surface area contributed by atoms with Gasteiger partial charge in [-0.1, -0.05) is 0 Å². The molecule has 7 heteroatoms. The lowest BCUT2D eigenvalue weighted by Crippen LogP contribution is -2.20. The Bertz CT molecular complexity index is 686. The summed E-state index contributed by atoms with van der Waals surface area (Å²) in [4.78, 5) is 12.0. The summed E-state index contributed by atoms with van der Waals surface area (Å²) in [6, 6.07) is 8.98. The fourth-order valence-corrected chi connectivity index (χ4v) is 2.28. The van der Waals surface area contributed by atoms with Crippen LogP contribution in [0.1, 0.15) is 0 Å². The van der Waals surface area contributed by atoms with Crippen LogP contribution in [0, 0.1) is 5.82 Å². The summed E-state index contributed by atoms with van der Waals surface area (Å²) in [5, 5.41) is 2.68. The van der Waals surface area contributed by atoms with Crippen molar-refractivity contribution in [2.45, 2.75) is 0 Å². The number of methoxy groups -OCH3 is 2. The third-order valence-corrected chi connectivity index (χ3v) is 3.51. The van der Waals surface area contributed by atoms with E-state index >= 15 is 0 Å². The zero-order valence-corrected chi connectivity index (χ0v) is 14.1. The first-order chi connectivity index (χ1) is 11.0. The van der Waals surface area contributed by atoms with E-state index < -0.39 is 5.82 Å². The van der Waals surface area contributed by atoms with Gasteiger partial charge in [-0.3, -0.25) is 4.79 Å². The van der Waals surface area contributed by atoms with Gasteiger partial charge in [0, 0.05) is 23.9 Å². The average Bonchev–Trinajstić information content (AvgIpc) is 2.53. The third-order valence-electron chi connectivity index (χ3n) is 2.89. The molecule has 0 heterocycles. The SMILES string of the molecule is COc1cc(NC(=O)COc2ccc(F)cc2Br)cc(OC)c1. The van der Waals surface area contributed by atoms with E-state index in [1.54, 1.807) is 18.2 Å². The topological polar surface area (TPSA) is 56.8 Å². The number of rotatable bonds is 6. The van der Waals surface area contributed by atoms with Crippen LogP contribution in [0.5, 0.6) is 17.2 Å². The highest BCUT2D eigenvalue weighted by molar-refractivity contribution is 9.10. The molecule has 0 atom stereocenters. The van der Waals surface area contributed by atoms with Crippen molar-refractivity contribution in [3.05, 3.63) is 46.7 Å². The van der Waals surface area contributed by atoms with Crippen molar-refractivity contribution in [2.75, 3.05) is 26.1 Å². The number of amides is 1. The average molecular weight is 384 g/mol. The van der Waals surface area contributed by atoms with Gasteiger partial charge in [0.25, 0.3) is 5.91 Å². The summed E-state index contributed by atoms with van der Waals surface area (Å²) < 4.78 is 29.0. The van der Waals surface area contributed by atoms with Crippen molar-refractivity contribution in [3.63, 3.8) is 0 Å². The van der Waals surface area contributed by atoms with Gasteiger partial charge in [0.15, 0.2) is 6.61 Å². The summed E-state index contributed by atoms with van der Waals surface area (Å²) in [6.45, 7) is -0.218. The number of anilines is 1. The van der Waals surface area contributed by atoms with Crippen molar-refractivity contribution < 1.29 is 23.4 Å². The summed E-state index contributed by atoms with van der Waals surface area (Å²) >= 11 is 3.17. The van der Waals surface area contributed by atoms with Gasteiger partial charge in [-0.15, -0.1) is 0 Å². The maximum Gasteiger partial charge on any atom is 0.262 e. The van der Waals surface area contributed by atoms with Crippen molar-refractivity contribution in [2.24, 2.45) is 0 Å². The predicted molar refractivity (Wildman–Crippen MR) is 87.8 cm³/mol. The molecule has 0 aromatic heterocycles. The normalized spacial score (nSPS) is 10.1. The molecule has 0 saturated heterocycles. The van der Waals surface area contributed by atoms with E-state index in [1.165, 1.54) is 32.4 Å². The molecular formula is C16H15BrFNO4. The van der Waals surface area contributed by atoms with E-state index in [-0.39, 0.29) is 12.5 Å². The fourth-order valence-electron chi connectivity index (χ4n) is 1.81. The van der Waals surface area contributed by atoms with Crippen molar-refractivity contribution in [1.82, 2.24) is 0 Å². The Morgan fingerprint density at radius 3 is 2.35 bits per heavy atom. The molecule has 0 bridgehead atoms. The second kappa shape index (κ2) is 7.82. The van der Waals surface area contributed by atoms with Gasteiger partial charge < -0.3 is 19.5 Å². The van der Waals surface area contributed by atoms with Gasteiger partial charge in [0.1, 0.15) is 23.1 Å².